The highest BCUT2D eigenvalue weighted by Crippen LogP contribution is 2.57. The summed E-state index contributed by atoms with van der Waals surface area (Å²) in [6, 6.07) is 0.240. The standard InChI is InChI=1S/C12H22N2O/c1-2-8(13)6-7-14-12(15)11-9-4-3-5-10(9)11/h8-11H,2-7,13H2,1H3,(H,14,15). The number of amides is 1. The number of carbonyl (C=O) groups excluding carboxylic acids is 1. The second-order valence-electron chi connectivity index (χ2n) is 5.03. The van der Waals surface area contributed by atoms with Crippen LogP contribution in [-0.2, 0) is 4.79 Å². The van der Waals surface area contributed by atoms with Gasteiger partial charge in [-0.1, -0.05) is 13.3 Å². The fraction of sp³-hybridized carbons (Fsp3) is 0.917. The maximum Gasteiger partial charge on any atom is 0.223 e. The Morgan fingerprint density at radius 3 is 2.73 bits per heavy atom. The SMILES string of the molecule is CCC(N)CCNC(=O)C1C2CCCC21. The third-order valence-corrected chi connectivity index (χ3v) is 4.05. The van der Waals surface area contributed by atoms with Gasteiger partial charge in [0.05, 0.1) is 0 Å². The van der Waals surface area contributed by atoms with Crippen LogP contribution in [0.15, 0.2) is 0 Å². The van der Waals surface area contributed by atoms with Crippen molar-refractivity contribution in [1.29, 1.82) is 0 Å². The number of fused-ring (bicyclic) bond motifs is 1. The van der Waals surface area contributed by atoms with Crippen molar-refractivity contribution in [2.75, 3.05) is 6.54 Å². The molecule has 0 aromatic carbocycles. The van der Waals surface area contributed by atoms with E-state index in [-0.39, 0.29) is 11.9 Å². The van der Waals surface area contributed by atoms with Crippen molar-refractivity contribution in [1.82, 2.24) is 5.32 Å². The van der Waals surface area contributed by atoms with Crippen molar-refractivity contribution in [3.8, 4) is 0 Å². The summed E-state index contributed by atoms with van der Waals surface area (Å²) in [5.41, 5.74) is 5.79. The molecule has 0 aromatic heterocycles. The average molecular weight is 210 g/mol. The summed E-state index contributed by atoms with van der Waals surface area (Å²) >= 11 is 0. The number of carbonyl (C=O) groups is 1. The molecule has 3 heteroatoms. The van der Waals surface area contributed by atoms with Crippen molar-refractivity contribution in [2.24, 2.45) is 23.5 Å². The van der Waals surface area contributed by atoms with Gasteiger partial charge < -0.3 is 11.1 Å². The van der Waals surface area contributed by atoms with E-state index in [1.165, 1.54) is 19.3 Å². The topological polar surface area (TPSA) is 55.1 Å². The molecule has 2 rings (SSSR count). The Kier molecular flexibility index (Phi) is 3.29. The monoisotopic (exact) mass is 210 g/mol. The molecule has 2 saturated carbocycles. The van der Waals surface area contributed by atoms with E-state index in [0.29, 0.717) is 5.92 Å². The van der Waals surface area contributed by atoms with Crippen LogP contribution < -0.4 is 11.1 Å². The van der Waals surface area contributed by atoms with E-state index in [4.69, 9.17) is 5.73 Å². The van der Waals surface area contributed by atoms with Crippen LogP contribution in [0.3, 0.4) is 0 Å². The highest BCUT2D eigenvalue weighted by atomic mass is 16.2. The average Bonchev–Trinajstić information content (AvgIpc) is 2.72. The van der Waals surface area contributed by atoms with Crippen LogP contribution in [0.1, 0.15) is 39.0 Å². The summed E-state index contributed by atoms with van der Waals surface area (Å²) in [6.45, 7) is 2.83. The number of nitrogens with two attached hydrogens (primary N) is 1. The van der Waals surface area contributed by atoms with Crippen LogP contribution in [0.4, 0.5) is 0 Å². The largest absolute Gasteiger partial charge is 0.356 e. The highest BCUT2D eigenvalue weighted by Gasteiger charge is 2.56. The van der Waals surface area contributed by atoms with E-state index >= 15 is 0 Å². The van der Waals surface area contributed by atoms with Crippen molar-refractivity contribution >= 4 is 5.91 Å². The number of hydrogen-bond donors (Lipinski definition) is 2. The molecule has 3 N–H and O–H groups in total. The maximum atomic E-state index is 11.7. The number of rotatable bonds is 5. The predicted molar refractivity (Wildman–Crippen MR) is 60.2 cm³/mol. The van der Waals surface area contributed by atoms with Gasteiger partial charge >= 0.3 is 0 Å². The normalized spacial score (nSPS) is 34.7. The second kappa shape index (κ2) is 4.52. The maximum absolute atomic E-state index is 11.7. The zero-order valence-electron chi connectivity index (χ0n) is 9.54. The lowest BCUT2D eigenvalue weighted by Crippen LogP contribution is -2.31. The predicted octanol–water partition coefficient (Wildman–Crippen LogP) is 1.28. The van der Waals surface area contributed by atoms with E-state index in [1.807, 2.05) is 0 Å². The molecular formula is C12H22N2O. The molecule has 3 atom stereocenters. The van der Waals surface area contributed by atoms with Crippen molar-refractivity contribution in [2.45, 2.75) is 45.1 Å². The first-order chi connectivity index (χ1) is 7.24. The van der Waals surface area contributed by atoms with Crippen LogP contribution in [0, 0.1) is 17.8 Å². The molecule has 0 aliphatic heterocycles. The quantitative estimate of drug-likeness (QED) is 0.718. The lowest BCUT2D eigenvalue weighted by Gasteiger charge is -2.10. The van der Waals surface area contributed by atoms with E-state index in [9.17, 15) is 4.79 Å². The first-order valence-electron chi connectivity index (χ1n) is 6.27. The molecule has 2 fully saturated rings. The van der Waals surface area contributed by atoms with Crippen LogP contribution in [-0.4, -0.2) is 18.5 Å². The highest BCUT2D eigenvalue weighted by molar-refractivity contribution is 5.82. The fourth-order valence-electron chi connectivity index (χ4n) is 2.91. The minimum atomic E-state index is 0.240. The van der Waals surface area contributed by atoms with Gasteiger partial charge in [-0.15, -0.1) is 0 Å². The molecule has 0 heterocycles. The van der Waals surface area contributed by atoms with E-state index < -0.39 is 0 Å². The fourth-order valence-corrected chi connectivity index (χ4v) is 2.91. The van der Waals surface area contributed by atoms with Crippen LogP contribution in [0.2, 0.25) is 0 Å². The van der Waals surface area contributed by atoms with Gasteiger partial charge in [-0.05, 0) is 37.5 Å². The molecule has 2 aliphatic carbocycles. The Hall–Kier alpha value is -0.570. The first kappa shape index (κ1) is 10.9. The third kappa shape index (κ3) is 2.33. The van der Waals surface area contributed by atoms with Gasteiger partial charge in [0.25, 0.3) is 0 Å². The van der Waals surface area contributed by atoms with Gasteiger partial charge in [-0.25, -0.2) is 0 Å². The number of hydrogen-bond acceptors (Lipinski definition) is 2. The van der Waals surface area contributed by atoms with Crippen molar-refractivity contribution < 1.29 is 4.79 Å². The van der Waals surface area contributed by atoms with Crippen LogP contribution >= 0.6 is 0 Å². The van der Waals surface area contributed by atoms with Crippen LogP contribution in [0.25, 0.3) is 0 Å². The zero-order chi connectivity index (χ0) is 10.8. The van der Waals surface area contributed by atoms with Gasteiger partial charge in [0, 0.05) is 18.5 Å². The summed E-state index contributed by atoms with van der Waals surface area (Å²) in [4.78, 5) is 11.7. The Morgan fingerprint density at radius 1 is 1.47 bits per heavy atom. The molecule has 15 heavy (non-hydrogen) atoms. The minimum Gasteiger partial charge on any atom is -0.356 e. The molecule has 1 amide bonds. The van der Waals surface area contributed by atoms with E-state index in [0.717, 1.165) is 31.2 Å². The lowest BCUT2D eigenvalue weighted by molar-refractivity contribution is -0.123. The molecule has 3 nitrogen and oxygen atoms in total. The molecular weight excluding hydrogens is 188 g/mol. The Balaban J connectivity index is 1.62. The molecule has 2 aliphatic rings. The van der Waals surface area contributed by atoms with Gasteiger partial charge in [0.2, 0.25) is 5.91 Å². The Morgan fingerprint density at radius 2 is 2.13 bits per heavy atom. The second-order valence-corrected chi connectivity index (χ2v) is 5.03. The zero-order valence-corrected chi connectivity index (χ0v) is 9.54. The Labute approximate surface area is 91.8 Å². The van der Waals surface area contributed by atoms with Gasteiger partial charge in [0.15, 0.2) is 0 Å². The summed E-state index contributed by atoms with van der Waals surface area (Å²) in [5, 5.41) is 3.02. The molecule has 86 valence electrons. The molecule has 0 saturated heterocycles. The summed E-state index contributed by atoms with van der Waals surface area (Å²) in [5.74, 6) is 2.10. The summed E-state index contributed by atoms with van der Waals surface area (Å²) in [7, 11) is 0. The van der Waals surface area contributed by atoms with Crippen molar-refractivity contribution in [3.05, 3.63) is 0 Å². The minimum absolute atomic E-state index is 0.240. The van der Waals surface area contributed by atoms with Gasteiger partial charge in [0.1, 0.15) is 0 Å². The molecule has 0 spiro atoms. The molecule has 0 aromatic rings. The van der Waals surface area contributed by atoms with E-state index in [2.05, 4.69) is 12.2 Å². The van der Waals surface area contributed by atoms with Crippen LogP contribution in [0.5, 0.6) is 0 Å². The van der Waals surface area contributed by atoms with E-state index in [1.54, 1.807) is 0 Å². The third-order valence-electron chi connectivity index (χ3n) is 4.05. The summed E-state index contributed by atoms with van der Waals surface area (Å²) in [6.07, 6.45) is 5.78. The molecule has 3 unspecified atom stereocenters. The smallest absolute Gasteiger partial charge is 0.223 e. The first-order valence-corrected chi connectivity index (χ1v) is 6.27. The Bertz CT molecular complexity index is 232. The van der Waals surface area contributed by atoms with Gasteiger partial charge in [-0.2, -0.15) is 0 Å². The molecule has 0 bridgehead atoms. The summed E-state index contributed by atoms with van der Waals surface area (Å²) < 4.78 is 0. The number of nitrogens with one attached hydrogen (secondary N) is 1. The molecule has 0 radical (unpaired) electrons. The van der Waals surface area contributed by atoms with Gasteiger partial charge in [-0.3, -0.25) is 4.79 Å². The van der Waals surface area contributed by atoms with Crippen molar-refractivity contribution in [3.63, 3.8) is 0 Å². The lowest BCUT2D eigenvalue weighted by atomic mass is 10.1.